The summed E-state index contributed by atoms with van der Waals surface area (Å²) >= 11 is 37.3. The molecule has 100 valence electrons. The third-order valence-electron chi connectivity index (χ3n) is 3.95. The van der Waals surface area contributed by atoms with Crippen molar-refractivity contribution >= 4 is 81.5 Å². The second-order valence-electron chi connectivity index (χ2n) is 4.64. The highest BCUT2D eigenvalue weighted by Crippen LogP contribution is 2.75. The number of rotatable bonds is 0. The maximum absolute atomic E-state index is 11.7. The lowest BCUT2D eigenvalue weighted by molar-refractivity contribution is -0.154. The molecule has 3 nitrogen and oxygen atoms in total. The van der Waals surface area contributed by atoms with Gasteiger partial charge in [-0.15, -0.1) is 46.4 Å². The minimum Gasteiger partial charge on any atom is -0.393 e. The van der Waals surface area contributed by atoms with Gasteiger partial charge in [-0.3, -0.25) is 9.59 Å². The monoisotopic (exact) mass is 370 g/mol. The van der Waals surface area contributed by atoms with Gasteiger partial charge in [0.15, 0.2) is 4.33 Å². The second-order valence-corrected chi connectivity index (χ2v) is 8.18. The SMILES string of the molecule is O=C1OC(=O)C2C1C1(Cl)C(Cl)C(Cl)(Cl)C2(Cl)C1Cl. The molecule has 0 aromatic heterocycles. The predicted octanol–water partition coefficient (Wildman–Crippen LogP) is 2.67. The van der Waals surface area contributed by atoms with Crippen molar-refractivity contribution < 1.29 is 14.3 Å². The average molecular weight is 373 g/mol. The highest BCUT2D eigenvalue weighted by Gasteiger charge is 2.89. The van der Waals surface area contributed by atoms with Crippen molar-refractivity contribution in [3.63, 3.8) is 0 Å². The first kappa shape index (κ1) is 13.8. The van der Waals surface area contributed by atoms with Crippen LogP contribution in [0.3, 0.4) is 0 Å². The number of carbonyl (C=O) groups is 2. The van der Waals surface area contributed by atoms with Gasteiger partial charge >= 0.3 is 11.9 Å². The fourth-order valence-electron chi connectivity index (χ4n) is 3.12. The number of carbonyl (C=O) groups excluding carboxylic acids is 2. The van der Waals surface area contributed by atoms with Crippen molar-refractivity contribution in [1.82, 2.24) is 0 Å². The van der Waals surface area contributed by atoms with Gasteiger partial charge in [-0.2, -0.15) is 0 Å². The molecule has 9 heteroatoms. The molecular formula is C9H4Cl6O3. The number of alkyl halides is 6. The third-order valence-corrected chi connectivity index (χ3v) is 8.58. The lowest BCUT2D eigenvalue weighted by Gasteiger charge is -2.40. The van der Waals surface area contributed by atoms with Gasteiger partial charge < -0.3 is 4.74 Å². The molecule has 0 spiro atoms. The number of fused-ring (bicyclic) bond motifs is 5. The molecule has 0 N–H and O–H groups in total. The molecule has 1 aliphatic heterocycles. The van der Waals surface area contributed by atoms with Crippen molar-refractivity contribution in [2.24, 2.45) is 11.8 Å². The number of halogens is 6. The van der Waals surface area contributed by atoms with E-state index in [1.165, 1.54) is 0 Å². The van der Waals surface area contributed by atoms with E-state index in [0.717, 1.165) is 0 Å². The molecule has 0 amide bonds. The average Bonchev–Trinajstić information content (AvgIpc) is 2.71. The van der Waals surface area contributed by atoms with Gasteiger partial charge in [-0.1, -0.05) is 23.2 Å². The number of cyclic esters (lactones) is 2. The van der Waals surface area contributed by atoms with Crippen LogP contribution in [0, 0.1) is 11.8 Å². The lowest BCUT2D eigenvalue weighted by atomic mass is 9.79. The first-order valence-corrected chi connectivity index (χ1v) is 7.29. The van der Waals surface area contributed by atoms with Crippen molar-refractivity contribution in [3.05, 3.63) is 0 Å². The summed E-state index contributed by atoms with van der Waals surface area (Å²) in [4.78, 5) is 20.3. The van der Waals surface area contributed by atoms with E-state index in [2.05, 4.69) is 4.74 Å². The van der Waals surface area contributed by atoms with E-state index in [4.69, 9.17) is 69.6 Å². The van der Waals surface area contributed by atoms with Crippen LogP contribution in [0.4, 0.5) is 0 Å². The van der Waals surface area contributed by atoms with Crippen molar-refractivity contribution in [2.45, 2.75) is 24.8 Å². The molecule has 2 aliphatic carbocycles. The highest BCUT2D eigenvalue weighted by molar-refractivity contribution is 6.62. The summed E-state index contributed by atoms with van der Waals surface area (Å²) < 4.78 is 2.81. The van der Waals surface area contributed by atoms with Gasteiger partial charge in [0.05, 0.1) is 27.5 Å². The van der Waals surface area contributed by atoms with Crippen LogP contribution < -0.4 is 0 Å². The Hall–Kier alpha value is 0.880. The van der Waals surface area contributed by atoms with E-state index in [1.54, 1.807) is 0 Å². The van der Waals surface area contributed by atoms with Gasteiger partial charge in [0.1, 0.15) is 4.87 Å². The van der Waals surface area contributed by atoms with Gasteiger partial charge in [0, 0.05) is 0 Å². The molecule has 3 fully saturated rings. The van der Waals surface area contributed by atoms with E-state index in [9.17, 15) is 9.59 Å². The Labute approximate surface area is 132 Å². The maximum atomic E-state index is 11.7. The van der Waals surface area contributed by atoms with E-state index < -0.39 is 48.6 Å². The smallest absolute Gasteiger partial charge is 0.319 e. The van der Waals surface area contributed by atoms with Crippen LogP contribution in [-0.2, 0) is 14.3 Å². The van der Waals surface area contributed by atoms with E-state index in [-0.39, 0.29) is 0 Å². The summed E-state index contributed by atoms with van der Waals surface area (Å²) in [5.74, 6) is -3.72. The molecule has 0 aromatic rings. The van der Waals surface area contributed by atoms with Gasteiger partial charge in [-0.25, -0.2) is 0 Å². The van der Waals surface area contributed by atoms with Crippen LogP contribution >= 0.6 is 69.6 Å². The van der Waals surface area contributed by atoms with Crippen LogP contribution in [0.25, 0.3) is 0 Å². The fraction of sp³-hybridized carbons (Fsp3) is 0.778. The first-order valence-electron chi connectivity index (χ1n) is 4.90. The number of hydrogen-bond donors (Lipinski definition) is 0. The molecule has 3 aliphatic rings. The molecule has 0 radical (unpaired) electrons. The summed E-state index contributed by atoms with van der Waals surface area (Å²) in [6.07, 6.45) is 0. The zero-order valence-electron chi connectivity index (χ0n) is 8.30. The van der Waals surface area contributed by atoms with Crippen LogP contribution in [-0.4, -0.2) is 36.8 Å². The Bertz CT molecular complexity index is 481. The summed E-state index contributed by atoms with van der Waals surface area (Å²) in [7, 11) is 0. The Morgan fingerprint density at radius 2 is 1.39 bits per heavy atom. The lowest BCUT2D eigenvalue weighted by Crippen LogP contribution is -2.56. The first-order chi connectivity index (χ1) is 8.11. The second kappa shape index (κ2) is 3.55. The Morgan fingerprint density at radius 1 is 0.889 bits per heavy atom. The summed E-state index contributed by atoms with van der Waals surface area (Å²) in [6.45, 7) is 0. The Morgan fingerprint density at radius 3 is 1.94 bits per heavy atom. The molecule has 6 atom stereocenters. The summed E-state index contributed by atoms with van der Waals surface area (Å²) in [5, 5.41) is -2.12. The molecule has 2 saturated carbocycles. The third kappa shape index (κ3) is 1.11. The highest BCUT2D eigenvalue weighted by atomic mass is 35.5. The van der Waals surface area contributed by atoms with Crippen molar-refractivity contribution in [3.8, 4) is 0 Å². The summed E-state index contributed by atoms with van der Waals surface area (Å²) in [5.41, 5.74) is 0. The fourth-order valence-corrected chi connectivity index (χ4v) is 6.40. The van der Waals surface area contributed by atoms with Crippen LogP contribution in [0.2, 0.25) is 0 Å². The maximum Gasteiger partial charge on any atom is 0.319 e. The largest absolute Gasteiger partial charge is 0.393 e. The Kier molecular flexibility index (Phi) is 2.73. The zero-order valence-corrected chi connectivity index (χ0v) is 12.8. The molecule has 6 unspecified atom stereocenters. The van der Waals surface area contributed by atoms with Crippen LogP contribution in [0.1, 0.15) is 0 Å². The number of ether oxygens (including phenoxy) is 1. The quantitative estimate of drug-likeness (QED) is 0.373. The minimum absolute atomic E-state index is 0.789. The zero-order chi connectivity index (χ0) is 13.7. The molecular weight excluding hydrogens is 369 g/mol. The van der Waals surface area contributed by atoms with Crippen LogP contribution in [0.15, 0.2) is 0 Å². The predicted molar refractivity (Wildman–Crippen MR) is 69.0 cm³/mol. The molecule has 0 aromatic carbocycles. The molecule has 18 heavy (non-hydrogen) atoms. The van der Waals surface area contributed by atoms with Crippen molar-refractivity contribution in [2.75, 3.05) is 0 Å². The minimum atomic E-state index is -1.74. The van der Waals surface area contributed by atoms with Gasteiger partial charge in [0.25, 0.3) is 0 Å². The Balaban J connectivity index is 2.28. The van der Waals surface area contributed by atoms with Crippen LogP contribution in [0.5, 0.6) is 0 Å². The van der Waals surface area contributed by atoms with Gasteiger partial charge in [0.2, 0.25) is 0 Å². The van der Waals surface area contributed by atoms with E-state index >= 15 is 0 Å². The van der Waals surface area contributed by atoms with Gasteiger partial charge in [-0.05, 0) is 0 Å². The standard InChI is InChI=1S/C9H4Cl6O3/c10-5-7(12)1-2(4(17)18-3(1)16)8(5,13)9(14,15)6(7)11/h1-2,5-6H. The van der Waals surface area contributed by atoms with Crippen molar-refractivity contribution in [1.29, 1.82) is 0 Å². The molecule has 1 saturated heterocycles. The van der Waals surface area contributed by atoms with E-state index in [1.807, 2.05) is 0 Å². The van der Waals surface area contributed by atoms with E-state index in [0.29, 0.717) is 0 Å². The number of esters is 2. The molecule has 3 rings (SSSR count). The topological polar surface area (TPSA) is 43.4 Å². The molecule has 1 heterocycles. The normalized spacial score (nSPS) is 56.8. The number of hydrogen-bond acceptors (Lipinski definition) is 3. The molecule has 2 bridgehead atoms. The summed E-state index contributed by atoms with van der Waals surface area (Å²) in [6, 6.07) is 0.